The number of ketones is 1. The average Bonchev–Trinajstić information content (AvgIpc) is 2.97. The highest BCUT2D eigenvalue weighted by Gasteiger charge is 2.39. The number of benzene rings is 3. The van der Waals surface area contributed by atoms with Crippen LogP contribution in [0.1, 0.15) is 21.8 Å². The van der Waals surface area contributed by atoms with Gasteiger partial charge in [-0.25, -0.2) is 0 Å². The van der Waals surface area contributed by atoms with Crippen LogP contribution in [0.4, 0.5) is 5.69 Å². The Kier molecular flexibility index (Phi) is 3.68. The Bertz CT molecular complexity index is 1200. The van der Waals surface area contributed by atoms with Crippen molar-refractivity contribution < 1.29 is 9.72 Å². The van der Waals surface area contributed by atoms with Gasteiger partial charge in [-0.2, -0.15) is 10.5 Å². The van der Waals surface area contributed by atoms with Gasteiger partial charge in [-0.1, -0.05) is 42.5 Å². The molecule has 1 atom stereocenters. The van der Waals surface area contributed by atoms with Crippen LogP contribution in [0, 0.1) is 38.7 Å². The zero-order chi connectivity index (χ0) is 19.1. The second-order valence-corrected chi connectivity index (χ2v) is 6.32. The highest BCUT2D eigenvalue weighted by atomic mass is 16.6. The molecule has 3 aromatic carbocycles. The third-order valence-corrected chi connectivity index (χ3v) is 4.94. The Labute approximate surface area is 154 Å². The van der Waals surface area contributed by atoms with E-state index in [1.54, 1.807) is 36.4 Å². The molecule has 6 nitrogen and oxygen atoms in total. The van der Waals surface area contributed by atoms with Gasteiger partial charge in [0.1, 0.15) is 5.92 Å². The Balaban J connectivity index is 1.98. The monoisotopic (exact) mass is 353 g/mol. The van der Waals surface area contributed by atoms with Crippen LogP contribution in [0.2, 0.25) is 0 Å². The zero-order valence-corrected chi connectivity index (χ0v) is 13.9. The number of non-ortho nitro benzene ring substituents is 1. The zero-order valence-electron chi connectivity index (χ0n) is 13.9. The molecule has 3 aromatic rings. The minimum atomic E-state index is -1.06. The van der Waals surface area contributed by atoms with Gasteiger partial charge >= 0.3 is 0 Å². The summed E-state index contributed by atoms with van der Waals surface area (Å²) in [6.07, 6.45) is 0. The van der Waals surface area contributed by atoms with Gasteiger partial charge < -0.3 is 0 Å². The molecule has 128 valence electrons. The number of carbonyl (C=O) groups excluding carboxylic acids is 1. The standard InChI is InChI=1S/C21H11N3O3/c22-10-13(11-23)19-17-6-2-5-16-15(7-8-18(20(16)17)21(19)25)12-3-1-4-14(9-12)24(26)27/h1-9,13,19H. The van der Waals surface area contributed by atoms with E-state index in [2.05, 4.69) is 0 Å². The normalized spacial score (nSPS) is 14.9. The quantitative estimate of drug-likeness (QED) is 0.513. The predicted molar refractivity (Wildman–Crippen MR) is 97.8 cm³/mol. The molecule has 0 fully saturated rings. The van der Waals surface area contributed by atoms with Crippen LogP contribution in [0.3, 0.4) is 0 Å². The number of Topliss-reactive ketones (excluding diaryl/α,β-unsaturated/α-hetero) is 1. The lowest BCUT2D eigenvalue weighted by Crippen LogP contribution is -2.15. The maximum absolute atomic E-state index is 12.8. The molecule has 0 aliphatic heterocycles. The topological polar surface area (TPSA) is 108 Å². The van der Waals surface area contributed by atoms with Gasteiger partial charge in [0.2, 0.25) is 0 Å². The van der Waals surface area contributed by atoms with Gasteiger partial charge in [-0.15, -0.1) is 0 Å². The molecule has 1 aliphatic rings. The molecule has 1 aliphatic carbocycles. The summed E-state index contributed by atoms with van der Waals surface area (Å²) in [6, 6.07) is 19.0. The summed E-state index contributed by atoms with van der Waals surface area (Å²) in [4.78, 5) is 23.5. The lowest BCUT2D eigenvalue weighted by Gasteiger charge is -2.11. The Morgan fingerprint density at radius 2 is 1.70 bits per heavy atom. The van der Waals surface area contributed by atoms with Gasteiger partial charge in [0.25, 0.3) is 5.69 Å². The number of carbonyl (C=O) groups is 1. The smallest absolute Gasteiger partial charge is 0.270 e. The molecule has 0 N–H and O–H groups in total. The second kappa shape index (κ2) is 6.05. The third kappa shape index (κ3) is 2.36. The largest absolute Gasteiger partial charge is 0.293 e. The molecule has 0 aromatic heterocycles. The first-order chi connectivity index (χ1) is 13.1. The Morgan fingerprint density at radius 3 is 2.41 bits per heavy atom. The van der Waals surface area contributed by atoms with Gasteiger partial charge in [-0.3, -0.25) is 14.9 Å². The van der Waals surface area contributed by atoms with E-state index in [1.807, 2.05) is 18.2 Å². The van der Waals surface area contributed by atoms with E-state index < -0.39 is 16.8 Å². The fourth-order valence-corrected chi connectivity index (χ4v) is 3.76. The Hall–Kier alpha value is -4.03. The molecular weight excluding hydrogens is 342 g/mol. The number of rotatable bonds is 3. The number of hydrogen-bond acceptors (Lipinski definition) is 5. The third-order valence-electron chi connectivity index (χ3n) is 4.94. The molecule has 6 heteroatoms. The highest BCUT2D eigenvalue weighted by molar-refractivity contribution is 6.20. The SMILES string of the molecule is N#CC(C#N)C1C(=O)c2ccc(-c3cccc([N+](=O)[O-])c3)c3cccc1c23. The van der Waals surface area contributed by atoms with Gasteiger partial charge in [-0.05, 0) is 27.5 Å². The van der Waals surface area contributed by atoms with E-state index in [9.17, 15) is 25.4 Å². The van der Waals surface area contributed by atoms with Crippen molar-refractivity contribution >= 4 is 22.2 Å². The second-order valence-electron chi connectivity index (χ2n) is 6.32. The molecule has 0 saturated heterocycles. The van der Waals surface area contributed by atoms with E-state index >= 15 is 0 Å². The minimum Gasteiger partial charge on any atom is -0.293 e. The number of nitro benzene ring substituents is 1. The van der Waals surface area contributed by atoms with Crippen molar-refractivity contribution in [1.29, 1.82) is 10.5 Å². The molecule has 4 rings (SSSR count). The van der Waals surface area contributed by atoms with Crippen molar-refractivity contribution in [3.63, 3.8) is 0 Å². The van der Waals surface area contributed by atoms with Crippen molar-refractivity contribution in [2.45, 2.75) is 5.92 Å². The fraction of sp³-hybridized carbons (Fsp3) is 0.0952. The number of nitro groups is 1. The first kappa shape index (κ1) is 16.4. The maximum Gasteiger partial charge on any atom is 0.270 e. The van der Waals surface area contributed by atoms with Crippen molar-refractivity contribution in [3.8, 4) is 23.3 Å². The van der Waals surface area contributed by atoms with Crippen LogP contribution < -0.4 is 0 Å². The van der Waals surface area contributed by atoms with Crippen LogP contribution in [-0.4, -0.2) is 10.7 Å². The summed E-state index contributed by atoms with van der Waals surface area (Å²) < 4.78 is 0. The number of hydrogen-bond donors (Lipinski definition) is 0. The summed E-state index contributed by atoms with van der Waals surface area (Å²) in [7, 11) is 0. The van der Waals surface area contributed by atoms with Gasteiger partial charge in [0.15, 0.2) is 5.78 Å². The minimum absolute atomic E-state index is 0.0151. The van der Waals surface area contributed by atoms with E-state index in [4.69, 9.17) is 0 Å². The van der Waals surface area contributed by atoms with Crippen molar-refractivity contribution in [3.05, 3.63) is 75.8 Å². The Morgan fingerprint density at radius 1 is 1.00 bits per heavy atom. The first-order valence-corrected chi connectivity index (χ1v) is 8.20. The number of nitrogens with zero attached hydrogens (tertiary/aromatic N) is 3. The van der Waals surface area contributed by atoms with Crippen molar-refractivity contribution in [2.24, 2.45) is 5.92 Å². The van der Waals surface area contributed by atoms with Gasteiger partial charge in [0.05, 0.1) is 23.0 Å². The van der Waals surface area contributed by atoms with Crippen molar-refractivity contribution in [1.82, 2.24) is 0 Å². The van der Waals surface area contributed by atoms with Crippen LogP contribution in [0.15, 0.2) is 54.6 Å². The van der Waals surface area contributed by atoms with Crippen LogP contribution in [-0.2, 0) is 0 Å². The summed E-state index contributed by atoms with van der Waals surface area (Å²) in [5.74, 6) is -2.10. The predicted octanol–water partition coefficient (Wildman–Crippen LogP) is 4.36. The molecule has 0 bridgehead atoms. The molecular formula is C21H11N3O3. The van der Waals surface area contributed by atoms with E-state index in [0.29, 0.717) is 22.1 Å². The fourth-order valence-electron chi connectivity index (χ4n) is 3.76. The molecule has 0 saturated carbocycles. The lowest BCUT2D eigenvalue weighted by atomic mass is 9.87. The molecule has 0 heterocycles. The summed E-state index contributed by atoms with van der Waals surface area (Å²) in [6.45, 7) is 0. The molecule has 0 spiro atoms. The lowest BCUT2D eigenvalue weighted by molar-refractivity contribution is -0.384. The molecule has 0 amide bonds. The van der Waals surface area contributed by atoms with E-state index in [0.717, 1.165) is 10.9 Å². The van der Waals surface area contributed by atoms with Crippen molar-refractivity contribution in [2.75, 3.05) is 0 Å². The van der Waals surface area contributed by atoms with E-state index in [1.165, 1.54) is 12.1 Å². The summed E-state index contributed by atoms with van der Waals surface area (Å²) in [5, 5.41) is 31.1. The summed E-state index contributed by atoms with van der Waals surface area (Å²) in [5.41, 5.74) is 2.56. The maximum atomic E-state index is 12.8. The first-order valence-electron chi connectivity index (χ1n) is 8.20. The van der Waals surface area contributed by atoms with Crippen LogP contribution >= 0.6 is 0 Å². The molecule has 1 unspecified atom stereocenters. The van der Waals surface area contributed by atoms with Crippen LogP contribution in [0.25, 0.3) is 21.9 Å². The molecule has 0 radical (unpaired) electrons. The highest BCUT2D eigenvalue weighted by Crippen LogP contribution is 2.44. The number of nitriles is 2. The molecule has 27 heavy (non-hydrogen) atoms. The summed E-state index contributed by atoms with van der Waals surface area (Å²) >= 11 is 0. The van der Waals surface area contributed by atoms with E-state index in [-0.39, 0.29) is 11.5 Å². The average molecular weight is 353 g/mol. The van der Waals surface area contributed by atoms with Crippen LogP contribution in [0.5, 0.6) is 0 Å². The van der Waals surface area contributed by atoms with Gasteiger partial charge in [0, 0.05) is 17.7 Å².